The number of nitrogens with one attached hydrogen (secondary N) is 2. The number of rotatable bonds is 2. The number of benzene rings is 2. The first-order valence-corrected chi connectivity index (χ1v) is 10.0. The molecule has 3 heterocycles. The molecule has 1 saturated heterocycles. The summed E-state index contributed by atoms with van der Waals surface area (Å²) in [6, 6.07) is 12.6. The van der Waals surface area contributed by atoms with Gasteiger partial charge in [-0.05, 0) is 56.4 Å². The summed E-state index contributed by atoms with van der Waals surface area (Å²) in [5, 5.41) is 8.62. The van der Waals surface area contributed by atoms with Gasteiger partial charge in [0.15, 0.2) is 5.82 Å². The average Bonchev–Trinajstić information content (AvgIpc) is 3.20. The quantitative estimate of drug-likeness (QED) is 0.510. The Hall–Kier alpha value is -2.38. The molecule has 2 aromatic carbocycles. The van der Waals surface area contributed by atoms with E-state index < -0.39 is 0 Å². The summed E-state index contributed by atoms with van der Waals surface area (Å²) >= 11 is 3.54. The van der Waals surface area contributed by atoms with Gasteiger partial charge < -0.3 is 14.8 Å². The largest absolute Gasteiger partial charge is 0.370 e. The standard InChI is InChI=1S/C20H21BrN6/c1-26-7-2-8-27(10-9-26)14-4-6-17-18(12-14)23-20(22-17)19-15-11-13(21)3-5-16(15)24-25-19/h3-6,11-12H,2,7-10H2,1H3,(H,22,23)(H,24,25). The molecule has 6 nitrogen and oxygen atoms in total. The third-order valence-corrected chi connectivity index (χ3v) is 5.79. The van der Waals surface area contributed by atoms with E-state index in [4.69, 9.17) is 4.98 Å². The molecule has 0 saturated carbocycles. The van der Waals surface area contributed by atoms with E-state index in [-0.39, 0.29) is 0 Å². The molecule has 2 aromatic heterocycles. The molecule has 138 valence electrons. The summed E-state index contributed by atoms with van der Waals surface area (Å²) in [6.07, 6.45) is 1.19. The normalized spacial score (nSPS) is 16.3. The summed E-state index contributed by atoms with van der Waals surface area (Å²) in [7, 11) is 2.19. The van der Waals surface area contributed by atoms with Crippen LogP contribution >= 0.6 is 15.9 Å². The molecule has 5 rings (SSSR count). The van der Waals surface area contributed by atoms with Gasteiger partial charge in [0, 0.05) is 35.2 Å². The lowest BCUT2D eigenvalue weighted by molar-refractivity contribution is 0.360. The number of imidazole rings is 1. The summed E-state index contributed by atoms with van der Waals surface area (Å²) in [4.78, 5) is 13.1. The lowest BCUT2D eigenvalue weighted by Crippen LogP contribution is -2.28. The van der Waals surface area contributed by atoms with Crippen LogP contribution in [-0.2, 0) is 0 Å². The molecule has 7 heteroatoms. The molecule has 0 radical (unpaired) electrons. The van der Waals surface area contributed by atoms with E-state index in [0.29, 0.717) is 0 Å². The molecule has 1 fully saturated rings. The van der Waals surface area contributed by atoms with Gasteiger partial charge >= 0.3 is 0 Å². The van der Waals surface area contributed by atoms with Crippen molar-refractivity contribution in [1.29, 1.82) is 0 Å². The van der Waals surface area contributed by atoms with Crippen LogP contribution < -0.4 is 4.90 Å². The van der Waals surface area contributed by atoms with Crippen LogP contribution in [0.1, 0.15) is 6.42 Å². The van der Waals surface area contributed by atoms with Crippen molar-refractivity contribution in [1.82, 2.24) is 25.1 Å². The third kappa shape index (κ3) is 3.11. The second-order valence-electron chi connectivity index (χ2n) is 7.19. The number of nitrogens with zero attached hydrogens (tertiary/aromatic N) is 4. The summed E-state index contributed by atoms with van der Waals surface area (Å²) in [5.41, 5.74) is 5.11. The Morgan fingerprint density at radius 3 is 2.85 bits per heavy atom. The highest BCUT2D eigenvalue weighted by molar-refractivity contribution is 9.10. The summed E-state index contributed by atoms with van der Waals surface area (Å²) in [5.74, 6) is 0.794. The molecule has 0 amide bonds. The maximum absolute atomic E-state index is 4.77. The van der Waals surface area contributed by atoms with Crippen LogP contribution in [-0.4, -0.2) is 58.3 Å². The Kier molecular flexibility index (Phi) is 4.13. The Balaban J connectivity index is 1.53. The van der Waals surface area contributed by atoms with Crippen molar-refractivity contribution in [2.24, 2.45) is 0 Å². The zero-order valence-electron chi connectivity index (χ0n) is 15.2. The molecule has 0 aliphatic carbocycles. The number of fused-ring (bicyclic) bond motifs is 2. The van der Waals surface area contributed by atoms with Gasteiger partial charge in [0.25, 0.3) is 0 Å². The van der Waals surface area contributed by atoms with Gasteiger partial charge in [-0.1, -0.05) is 15.9 Å². The van der Waals surface area contributed by atoms with Gasteiger partial charge in [0.2, 0.25) is 0 Å². The lowest BCUT2D eigenvalue weighted by atomic mass is 10.2. The third-order valence-electron chi connectivity index (χ3n) is 5.30. The van der Waals surface area contributed by atoms with Crippen LogP contribution in [0.3, 0.4) is 0 Å². The maximum atomic E-state index is 4.77. The van der Waals surface area contributed by atoms with Crippen molar-refractivity contribution in [3.05, 3.63) is 40.9 Å². The molecule has 4 aromatic rings. The van der Waals surface area contributed by atoms with Crippen LogP contribution in [0.4, 0.5) is 5.69 Å². The minimum atomic E-state index is 0.794. The number of hydrogen-bond donors (Lipinski definition) is 2. The molecule has 27 heavy (non-hydrogen) atoms. The Morgan fingerprint density at radius 1 is 1.00 bits per heavy atom. The van der Waals surface area contributed by atoms with Crippen molar-refractivity contribution in [3.63, 3.8) is 0 Å². The van der Waals surface area contributed by atoms with Gasteiger partial charge in [-0.15, -0.1) is 0 Å². The number of aromatic nitrogens is 4. The van der Waals surface area contributed by atoms with E-state index in [1.165, 1.54) is 12.1 Å². The first-order chi connectivity index (χ1) is 13.2. The Labute approximate surface area is 165 Å². The zero-order chi connectivity index (χ0) is 18.4. The average molecular weight is 425 g/mol. The number of aromatic amines is 2. The van der Waals surface area contributed by atoms with Gasteiger partial charge in [-0.25, -0.2) is 4.98 Å². The first-order valence-electron chi connectivity index (χ1n) is 9.25. The van der Waals surface area contributed by atoms with E-state index in [0.717, 1.165) is 64.1 Å². The number of anilines is 1. The SMILES string of the molecule is CN1CCCN(c2ccc3nc(-c4n[nH]c5ccc(Br)cc45)[nH]c3c2)CC1. The lowest BCUT2D eigenvalue weighted by Gasteiger charge is -2.22. The van der Waals surface area contributed by atoms with Gasteiger partial charge in [-0.3, -0.25) is 5.10 Å². The van der Waals surface area contributed by atoms with Crippen LogP contribution in [0.5, 0.6) is 0 Å². The van der Waals surface area contributed by atoms with E-state index in [1.807, 2.05) is 12.1 Å². The van der Waals surface area contributed by atoms with Gasteiger partial charge in [-0.2, -0.15) is 5.10 Å². The highest BCUT2D eigenvalue weighted by Gasteiger charge is 2.16. The van der Waals surface area contributed by atoms with Crippen molar-refractivity contribution < 1.29 is 0 Å². The number of likely N-dealkylation sites (N-methyl/N-ethyl adjacent to an activating group) is 1. The smallest absolute Gasteiger partial charge is 0.159 e. The number of H-pyrrole nitrogens is 2. The number of hydrogen-bond acceptors (Lipinski definition) is 4. The van der Waals surface area contributed by atoms with Crippen molar-refractivity contribution in [2.75, 3.05) is 38.1 Å². The fraction of sp³-hybridized carbons (Fsp3) is 0.300. The molecule has 0 atom stereocenters. The second kappa shape index (κ2) is 6.65. The van der Waals surface area contributed by atoms with Crippen molar-refractivity contribution in [3.8, 4) is 11.5 Å². The van der Waals surface area contributed by atoms with Gasteiger partial charge in [0.1, 0.15) is 5.69 Å². The van der Waals surface area contributed by atoms with E-state index in [9.17, 15) is 0 Å². The van der Waals surface area contributed by atoms with Crippen LogP contribution in [0, 0.1) is 0 Å². The molecular formula is C20H21BrN6. The highest BCUT2D eigenvalue weighted by atomic mass is 79.9. The van der Waals surface area contributed by atoms with Crippen molar-refractivity contribution in [2.45, 2.75) is 6.42 Å². The fourth-order valence-electron chi connectivity index (χ4n) is 3.78. The van der Waals surface area contributed by atoms with Crippen LogP contribution in [0.25, 0.3) is 33.5 Å². The predicted octanol–water partition coefficient (Wildman–Crippen LogP) is 4.01. The predicted molar refractivity (Wildman–Crippen MR) is 113 cm³/mol. The highest BCUT2D eigenvalue weighted by Crippen LogP contribution is 2.29. The molecule has 0 spiro atoms. The summed E-state index contributed by atoms with van der Waals surface area (Å²) in [6.45, 7) is 4.41. The molecule has 0 unspecified atom stereocenters. The topological polar surface area (TPSA) is 63.8 Å². The van der Waals surface area contributed by atoms with E-state index >= 15 is 0 Å². The molecule has 2 N–H and O–H groups in total. The molecule has 1 aliphatic heterocycles. The molecular weight excluding hydrogens is 404 g/mol. The minimum absolute atomic E-state index is 0.794. The van der Waals surface area contributed by atoms with E-state index in [1.54, 1.807) is 0 Å². The minimum Gasteiger partial charge on any atom is -0.370 e. The Morgan fingerprint density at radius 2 is 1.93 bits per heavy atom. The molecule has 0 bridgehead atoms. The van der Waals surface area contributed by atoms with Gasteiger partial charge in [0.05, 0.1) is 16.6 Å². The zero-order valence-corrected chi connectivity index (χ0v) is 16.8. The molecule has 1 aliphatic rings. The Bertz CT molecular complexity index is 1110. The fourth-order valence-corrected chi connectivity index (χ4v) is 4.14. The first kappa shape index (κ1) is 16.8. The number of halogens is 1. The second-order valence-corrected chi connectivity index (χ2v) is 8.11. The van der Waals surface area contributed by atoms with Crippen molar-refractivity contribution >= 4 is 43.6 Å². The van der Waals surface area contributed by atoms with Crippen LogP contribution in [0.15, 0.2) is 40.9 Å². The monoisotopic (exact) mass is 424 g/mol. The summed E-state index contributed by atoms with van der Waals surface area (Å²) < 4.78 is 1.03. The van der Waals surface area contributed by atoms with Crippen LogP contribution in [0.2, 0.25) is 0 Å². The van der Waals surface area contributed by atoms with E-state index in [2.05, 4.69) is 72.2 Å². The maximum Gasteiger partial charge on any atom is 0.159 e.